The second-order valence-corrected chi connectivity index (χ2v) is 6.31. The number of sulfone groups is 1. The third-order valence-electron chi connectivity index (χ3n) is 1.98. The van der Waals surface area contributed by atoms with Crippen LogP contribution in [0.4, 0.5) is 0 Å². The molecule has 72 valence electrons. The fourth-order valence-corrected chi connectivity index (χ4v) is 1.90. The summed E-state index contributed by atoms with van der Waals surface area (Å²) in [5.41, 5.74) is 0.825. The van der Waals surface area contributed by atoms with E-state index in [1.54, 1.807) is 6.92 Å². The van der Waals surface area contributed by atoms with Gasteiger partial charge in [-0.1, -0.05) is 28.1 Å². The lowest BCUT2D eigenvalue weighted by molar-refractivity contribution is 0.592. The van der Waals surface area contributed by atoms with Gasteiger partial charge in [0.1, 0.15) is 0 Å². The average molecular weight is 263 g/mol. The highest BCUT2D eigenvalue weighted by Crippen LogP contribution is 2.22. The minimum absolute atomic E-state index is 0.430. The third-order valence-corrected chi connectivity index (χ3v) is 4.07. The molecule has 0 radical (unpaired) electrons. The molecule has 0 saturated carbocycles. The highest BCUT2D eigenvalue weighted by molar-refractivity contribution is 9.10. The van der Waals surface area contributed by atoms with Crippen molar-refractivity contribution >= 4 is 25.8 Å². The largest absolute Gasteiger partial charge is 0.229 e. The maximum atomic E-state index is 11.2. The molecule has 0 aliphatic heterocycles. The quantitative estimate of drug-likeness (QED) is 0.821. The molecule has 0 amide bonds. The van der Waals surface area contributed by atoms with E-state index >= 15 is 0 Å². The van der Waals surface area contributed by atoms with Crippen LogP contribution < -0.4 is 0 Å². The Morgan fingerprint density at radius 3 is 2.08 bits per heavy atom. The first-order chi connectivity index (χ1) is 5.91. The molecular weight excluding hydrogens is 252 g/mol. The number of hydrogen-bond acceptors (Lipinski definition) is 2. The molecule has 0 heterocycles. The number of rotatable bonds is 2. The highest BCUT2D eigenvalue weighted by atomic mass is 79.9. The second kappa shape index (κ2) is 3.80. The van der Waals surface area contributed by atoms with Crippen molar-refractivity contribution in [2.24, 2.45) is 0 Å². The van der Waals surface area contributed by atoms with E-state index in [9.17, 15) is 8.42 Å². The smallest absolute Gasteiger partial charge is 0.154 e. The van der Waals surface area contributed by atoms with Crippen molar-refractivity contribution in [3.8, 4) is 0 Å². The summed E-state index contributed by atoms with van der Waals surface area (Å²) in [5.74, 6) is 0. The molecule has 1 rings (SSSR count). The zero-order chi connectivity index (χ0) is 10.1. The monoisotopic (exact) mass is 262 g/mol. The molecule has 13 heavy (non-hydrogen) atoms. The Hall–Kier alpha value is -0.350. The second-order valence-electron chi connectivity index (χ2n) is 3.02. The van der Waals surface area contributed by atoms with Crippen LogP contribution in [-0.4, -0.2) is 14.7 Å². The van der Waals surface area contributed by atoms with E-state index in [-0.39, 0.29) is 0 Å². The van der Waals surface area contributed by atoms with Gasteiger partial charge in [0.25, 0.3) is 0 Å². The minimum atomic E-state index is -2.98. The van der Waals surface area contributed by atoms with Gasteiger partial charge < -0.3 is 0 Å². The van der Waals surface area contributed by atoms with Crippen LogP contribution in [0.3, 0.4) is 0 Å². The molecular formula is C9H11BrO2S. The zero-order valence-corrected chi connectivity index (χ0v) is 9.89. The van der Waals surface area contributed by atoms with Gasteiger partial charge in [-0.15, -0.1) is 0 Å². The SMILES string of the molecule is CC(c1ccc(Br)cc1)S(C)(=O)=O. The molecule has 0 saturated heterocycles. The first-order valence-corrected chi connectivity index (χ1v) is 6.60. The Bertz CT molecular complexity index is 381. The lowest BCUT2D eigenvalue weighted by Gasteiger charge is -2.08. The molecule has 1 aromatic rings. The molecule has 1 aromatic carbocycles. The van der Waals surface area contributed by atoms with Crippen LogP contribution in [0, 0.1) is 0 Å². The lowest BCUT2D eigenvalue weighted by atomic mass is 10.2. The van der Waals surface area contributed by atoms with Crippen LogP contribution in [0.5, 0.6) is 0 Å². The van der Waals surface area contributed by atoms with E-state index in [0.717, 1.165) is 10.0 Å². The van der Waals surface area contributed by atoms with E-state index in [1.165, 1.54) is 6.26 Å². The van der Waals surface area contributed by atoms with Gasteiger partial charge in [-0.05, 0) is 24.6 Å². The summed E-state index contributed by atoms with van der Waals surface area (Å²) in [6.07, 6.45) is 1.25. The summed E-state index contributed by atoms with van der Waals surface area (Å²) in [4.78, 5) is 0. The van der Waals surface area contributed by atoms with Gasteiger partial charge in [-0.25, -0.2) is 8.42 Å². The summed E-state index contributed by atoms with van der Waals surface area (Å²) >= 11 is 3.30. The van der Waals surface area contributed by atoms with Crippen molar-refractivity contribution in [3.05, 3.63) is 34.3 Å². The van der Waals surface area contributed by atoms with Crippen LogP contribution in [0.1, 0.15) is 17.7 Å². The first kappa shape index (κ1) is 10.7. The van der Waals surface area contributed by atoms with Crippen molar-refractivity contribution in [1.29, 1.82) is 0 Å². The molecule has 0 spiro atoms. The Balaban J connectivity index is 3.04. The van der Waals surface area contributed by atoms with Crippen LogP contribution in [0.25, 0.3) is 0 Å². The normalized spacial score (nSPS) is 14.1. The van der Waals surface area contributed by atoms with Crippen LogP contribution >= 0.6 is 15.9 Å². The Kier molecular flexibility index (Phi) is 3.14. The molecule has 1 unspecified atom stereocenters. The van der Waals surface area contributed by atoms with Crippen molar-refractivity contribution in [3.63, 3.8) is 0 Å². The van der Waals surface area contributed by atoms with Gasteiger partial charge in [-0.3, -0.25) is 0 Å². The van der Waals surface area contributed by atoms with Crippen LogP contribution in [0.2, 0.25) is 0 Å². The van der Waals surface area contributed by atoms with Crippen LogP contribution in [0.15, 0.2) is 28.7 Å². The maximum absolute atomic E-state index is 11.2. The summed E-state index contributed by atoms with van der Waals surface area (Å²) in [6, 6.07) is 7.32. The van der Waals surface area contributed by atoms with Gasteiger partial charge >= 0.3 is 0 Å². The molecule has 4 heteroatoms. The first-order valence-electron chi connectivity index (χ1n) is 3.85. The Labute approximate surface area is 87.0 Å². The predicted octanol–water partition coefficient (Wildman–Crippen LogP) is 2.55. The minimum Gasteiger partial charge on any atom is -0.229 e. The number of hydrogen-bond donors (Lipinski definition) is 0. The number of halogens is 1. The molecule has 0 aromatic heterocycles. The maximum Gasteiger partial charge on any atom is 0.154 e. The van der Waals surface area contributed by atoms with Gasteiger partial charge in [-0.2, -0.15) is 0 Å². The molecule has 0 bridgehead atoms. The van der Waals surface area contributed by atoms with Gasteiger partial charge in [0, 0.05) is 10.7 Å². The Morgan fingerprint density at radius 1 is 1.23 bits per heavy atom. The van der Waals surface area contributed by atoms with Gasteiger partial charge in [0.05, 0.1) is 5.25 Å². The highest BCUT2D eigenvalue weighted by Gasteiger charge is 2.16. The predicted molar refractivity (Wildman–Crippen MR) is 57.4 cm³/mol. The topological polar surface area (TPSA) is 34.1 Å². The molecule has 2 nitrogen and oxygen atoms in total. The van der Waals surface area contributed by atoms with E-state index in [0.29, 0.717) is 0 Å². The van der Waals surface area contributed by atoms with Crippen molar-refractivity contribution in [2.75, 3.05) is 6.26 Å². The third kappa shape index (κ3) is 2.81. The fourth-order valence-electron chi connectivity index (χ4n) is 0.981. The zero-order valence-electron chi connectivity index (χ0n) is 7.49. The van der Waals surface area contributed by atoms with Crippen LogP contribution in [-0.2, 0) is 9.84 Å². The molecule has 0 N–H and O–H groups in total. The summed E-state index contributed by atoms with van der Waals surface area (Å²) in [5, 5.41) is -0.430. The number of benzene rings is 1. The molecule has 1 atom stereocenters. The fraction of sp³-hybridized carbons (Fsp3) is 0.333. The van der Waals surface area contributed by atoms with E-state index in [1.807, 2.05) is 24.3 Å². The lowest BCUT2D eigenvalue weighted by Crippen LogP contribution is -2.07. The summed E-state index contributed by atoms with van der Waals surface area (Å²) < 4.78 is 23.4. The van der Waals surface area contributed by atoms with Crippen molar-refractivity contribution < 1.29 is 8.42 Å². The summed E-state index contributed by atoms with van der Waals surface area (Å²) in [7, 11) is -2.98. The van der Waals surface area contributed by atoms with Crippen molar-refractivity contribution in [1.82, 2.24) is 0 Å². The molecule has 0 fully saturated rings. The van der Waals surface area contributed by atoms with Crippen molar-refractivity contribution in [2.45, 2.75) is 12.2 Å². The van der Waals surface area contributed by atoms with Gasteiger partial charge in [0.2, 0.25) is 0 Å². The molecule has 0 aliphatic carbocycles. The molecule has 0 aliphatic rings. The average Bonchev–Trinajstić information content (AvgIpc) is 2.03. The van der Waals surface area contributed by atoms with E-state index < -0.39 is 15.1 Å². The van der Waals surface area contributed by atoms with Gasteiger partial charge in [0.15, 0.2) is 9.84 Å². The summed E-state index contributed by atoms with van der Waals surface area (Å²) in [6.45, 7) is 1.69. The van der Waals surface area contributed by atoms with E-state index in [4.69, 9.17) is 0 Å². The Morgan fingerprint density at radius 2 is 1.69 bits per heavy atom. The van der Waals surface area contributed by atoms with E-state index in [2.05, 4.69) is 15.9 Å². The standard InChI is InChI=1S/C9H11BrO2S/c1-7(13(2,11)12)8-3-5-9(10)6-4-8/h3-7H,1-2H3.